The quantitative estimate of drug-likeness (QED) is 0.829. The zero-order valence-corrected chi connectivity index (χ0v) is 13.4. The normalized spacial score (nSPS) is 12.4. The van der Waals surface area contributed by atoms with E-state index in [0.717, 1.165) is 21.5 Å². The van der Waals surface area contributed by atoms with Gasteiger partial charge in [-0.3, -0.25) is 0 Å². The molecule has 2 aromatic carbocycles. The standard InChI is InChI=1S/C16H17BrClN/c1-3-11-5-4-6-12(9-11)16(19-2)14-10-13(18)7-8-15(14)17/h4-10,16,19H,3H2,1-2H3. The van der Waals surface area contributed by atoms with Crippen molar-refractivity contribution in [2.75, 3.05) is 7.05 Å². The number of rotatable bonds is 4. The third-order valence-corrected chi connectivity index (χ3v) is 4.21. The second-order valence-electron chi connectivity index (χ2n) is 4.49. The van der Waals surface area contributed by atoms with Gasteiger partial charge in [0.25, 0.3) is 0 Å². The van der Waals surface area contributed by atoms with Gasteiger partial charge in [-0.2, -0.15) is 0 Å². The van der Waals surface area contributed by atoms with Gasteiger partial charge in [0, 0.05) is 9.50 Å². The van der Waals surface area contributed by atoms with Crippen LogP contribution in [0, 0.1) is 0 Å². The monoisotopic (exact) mass is 337 g/mol. The lowest BCUT2D eigenvalue weighted by molar-refractivity contribution is 0.688. The Kier molecular flexibility index (Phi) is 5.03. The molecule has 1 nitrogen and oxygen atoms in total. The van der Waals surface area contributed by atoms with Crippen molar-refractivity contribution in [1.29, 1.82) is 0 Å². The Morgan fingerprint density at radius 2 is 2.00 bits per heavy atom. The molecule has 0 aromatic heterocycles. The van der Waals surface area contributed by atoms with E-state index < -0.39 is 0 Å². The molecular formula is C16H17BrClN. The Hall–Kier alpha value is -0.830. The summed E-state index contributed by atoms with van der Waals surface area (Å²) >= 11 is 9.72. The van der Waals surface area contributed by atoms with Crippen LogP contribution >= 0.6 is 27.5 Å². The van der Waals surface area contributed by atoms with Crippen LogP contribution in [0.15, 0.2) is 46.9 Å². The summed E-state index contributed by atoms with van der Waals surface area (Å²) < 4.78 is 1.07. The van der Waals surface area contributed by atoms with Crippen LogP contribution in [0.4, 0.5) is 0 Å². The lowest BCUT2D eigenvalue weighted by Crippen LogP contribution is -2.18. The largest absolute Gasteiger partial charge is 0.309 e. The van der Waals surface area contributed by atoms with Gasteiger partial charge in [-0.1, -0.05) is 58.7 Å². The minimum atomic E-state index is 0.138. The highest BCUT2D eigenvalue weighted by atomic mass is 79.9. The van der Waals surface area contributed by atoms with Gasteiger partial charge in [-0.05, 0) is 48.4 Å². The molecule has 0 aliphatic heterocycles. The van der Waals surface area contributed by atoms with E-state index in [0.29, 0.717) is 0 Å². The number of nitrogens with one attached hydrogen (secondary N) is 1. The van der Waals surface area contributed by atoms with E-state index in [-0.39, 0.29) is 6.04 Å². The fourth-order valence-corrected chi connectivity index (χ4v) is 2.89. The first kappa shape index (κ1) is 14.6. The first-order chi connectivity index (χ1) is 9.15. The molecule has 1 unspecified atom stereocenters. The van der Waals surface area contributed by atoms with Crippen LogP contribution in [0.3, 0.4) is 0 Å². The molecule has 0 aliphatic carbocycles. The fourth-order valence-electron chi connectivity index (χ4n) is 2.23. The average Bonchev–Trinajstić information content (AvgIpc) is 2.44. The number of hydrogen-bond acceptors (Lipinski definition) is 1. The predicted octanol–water partition coefficient (Wildman–Crippen LogP) is 4.97. The molecule has 0 bridgehead atoms. The van der Waals surface area contributed by atoms with Crippen LogP contribution in [0.5, 0.6) is 0 Å². The first-order valence-electron chi connectivity index (χ1n) is 6.36. The van der Waals surface area contributed by atoms with Crippen molar-refractivity contribution in [1.82, 2.24) is 5.32 Å². The number of benzene rings is 2. The van der Waals surface area contributed by atoms with E-state index in [1.807, 2.05) is 25.2 Å². The molecule has 0 aliphatic rings. The number of aryl methyl sites for hydroxylation is 1. The van der Waals surface area contributed by atoms with Crippen molar-refractivity contribution in [3.63, 3.8) is 0 Å². The molecule has 1 atom stereocenters. The van der Waals surface area contributed by atoms with Crippen molar-refractivity contribution in [2.45, 2.75) is 19.4 Å². The average molecular weight is 339 g/mol. The second kappa shape index (κ2) is 6.56. The van der Waals surface area contributed by atoms with E-state index in [4.69, 9.17) is 11.6 Å². The second-order valence-corrected chi connectivity index (χ2v) is 5.78. The van der Waals surface area contributed by atoms with Gasteiger partial charge in [0.15, 0.2) is 0 Å². The lowest BCUT2D eigenvalue weighted by atomic mass is 9.97. The SMILES string of the molecule is CCc1cccc(C(NC)c2cc(Cl)ccc2Br)c1. The van der Waals surface area contributed by atoms with Crippen LogP contribution in [0.25, 0.3) is 0 Å². The fraction of sp³-hybridized carbons (Fsp3) is 0.250. The molecule has 1 N–H and O–H groups in total. The van der Waals surface area contributed by atoms with Crippen LogP contribution in [-0.2, 0) is 6.42 Å². The zero-order chi connectivity index (χ0) is 13.8. The van der Waals surface area contributed by atoms with Gasteiger partial charge in [-0.15, -0.1) is 0 Å². The van der Waals surface area contributed by atoms with E-state index in [2.05, 4.69) is 52.4 Å². The Bertz CT molecular complexity index is 568. The molecule has 0 heterocycles. The molecule has 0 radical (unpaired) electrons. The third-order valence-electron chi connectivity index (χ3n) is 3.25. The molecule has 0 fully saturated rings. The van der Waals surface area contributed by atoms with Crippen molar-refractivity contribution in [2.24, 2.45) is 0 Å². The summed E-state index contributed by atoms with van der Waals surface area (Å²) in [5.41, 5.74) is 3.75. The Morgan fingerprint density at radius 1 is 1.21 bits per heavy atom. The summed E-state index contributed by atoms with van der Waals surface area (Å²) in [6.07, 6.45) is 1.04. The van der Waals surface area contributed by atoms with E-state index in [1.165, 1.54) is 11.1 Å². The Balaban J connectivity index is 2.46. The zero-order valence-electron chi connectivity index (χ0n) is 11.1. The molecule has 2 aromatic rings. The van der Waals surface area contributed by atoms with Crippen LogP contribution < -0.4 is 5.32 Å². The third kappa shape index (κ3) is 3.38. The topological polar surface area (TPSA) is 12.0 Å². The summed E-state index contributed by atoms with van der Waals surface area (Å²) in [6, 6.07) is 14.7. The van der Waals surface area contributed by atoms with Crippen LogP contribution in [0.2, 0.25) is 5.02 Å². The van der Waals surface area contributed by atoms with Crippen LogP contribution in [0.1, 0.15) is 29.7 Å². The van der Waals surface area contributed by atoms with Gasteiger partial charge < -0.3 is 5.32 Å². The van der Waals surface area contributed by atoms with Crippen molar-refractivity contribution < 1.29 is 0 Å². The lowest BCUT2D eigenvalue weighted by Gasteiger charge is -2.19. The molecule has 0 saturated carbocycles. The Morgan fingerprint density at radius 3 is 2.68 bits per heavy atom. The maximum Gasteiger partial charge on any atom is 0.0586 e. The molecule has 100 valence electrons. The molecular weight excluding hydrogens is 322 g/mol. The summed E-state index contributed by atoms with van der Waals surface area (Å²) in [4.78, 5) is 0. The smallest absolute Gasteiger partial charge is 0.0586 e. The number of halogens is 2. The molecule has 2 rings (SSSR count). The summed E-state index contributed by atoms with van der Waals surface area (Å²) in [7, 11) is 1.97. The number of hydrogen-bond donors (Lipinski definition) is 1. The minimum absolute atomic E-state index is 0.138. The van der Waals surface area contributed by atoms with Gasteiger partial charge in [0.1, 0.15) is 0 Å². The van der Waals surface area contributed by atoms with E-state index in [1.54, 1.807) is 0 Å². The van der Waals surface area contributed by atoms with Crippen LogP contribution in [-0.4, -0.2) is 7.05 Å². The van der Waals surface area contributed by atoms with E-state index in [9.17, 15) is 0 Å². The molecule has 3 heteroatoms. The molecule has 19 heavy (non-hydrogen) atoms. The first-order valence-corrected chi connectivity index (χ1v) is 7.54. The van der Waals surface area contributed by atoms with E-state index >= 15 is 0 Å². The highest BCUT2D eigenvalue weighted by Crippen LogP contribution is 2.31. The molecule has 0 amide bonds. The highest BCUT2D eigenvalue weighted by molar-refractivity contribution is 9.10. The summed E-state index contributed by atoms with van der Waals surface area (Å²) in [5, 5.41) is 4.12. The molecule has 0 saturated heterocycles. The van der Waals surface area contributed by atoms with Crippen molar-refractivity contribution in [3.05, 3.63) is 68.7 Å². The van der Waals surface area contributed by atoms with Crippen molar-refractivity contribution in [3.8, 4) is 0 Å². The maximum absolute atomic E-state index is 6.12. The highest BCUT2D eigenvalue weighted by Gasteiger charge is 2.15. The predicted molar refractivity (Wildman–Crippen MR) is 85.9 cm³/mol. The van der Waals surface area contributed by atoms with Gasteiger partial charge in [0.2, 0.25) is 0 Å². The van der Waals surface area contributed by atoms with Gasteiger partial charge >= 0.3 is 0 Å². The van der Waals surface area contributed by atoms with Gasteiger partial charge in [0.05, 0.1) is 6.04 Å². The maximum atomic E-state index is 6.12. The minimum Gasteiger partial charge on any atom is -0.309 e. The van der Waals surface area contributed by atoms with Gasteiger partial charge in [-0.25, -0.2) is 0 Å². The summed E-state index contributed by atoms with van der Waals surface area (Å²) in [5.74, 6) is 0. The summed E-state index contributed by atoms with van der Waals surface area (Å²) in [6.45, 7) is 2.17. The van der Waals surface area contributed by atoms with Crippen molar-refractivity contribution >= 4 is 27.5 Å². The Labute approximate surface area is 128 Å². The molecule has 0 spiro atoms.